The van der Waals surface area contributed by atoms with Gasteiger partial charge < -0.3 is 15.0 Å². The molecule has 0 saturated carbocycles. The number of rotatable bonds is 7. The smallest absolute Gasteiger partial charge is 0.251 e. The van der Waals surface area contributed by atoms with E-state index in [9.17, 15) is 9.59 Å². The molecule has 1 atom stereocenters. The third-order valence-electron chi connectivity index (χ3n) is 4.80. The normalized spacial score (nSPS) is 14.9. The third kappa shape index (κ3) is 4.88. The number of likely N-dealkylation sites (tertiary alicyclic amines) is 1. The summed E-state index contributed by atoms with van der Waals surface area (Å²) in [6.07, 6.45) is 1.58. The summed E-state index contributed by atoms with van der Waals surface area (Å²) in [5.41, 5.74) is 2.68. The molecule has 2 aromatic rings. The summed E-state index contributed by atoms with van der Waals surface area (Å²) in [5.74, 6) is 0.924. The van der Waals surface area contributed by atoms with E-state index < -0.39 is 0 Å². The zero-order valence-corrected chi connectivity index (χ0v) is 15.9. The molecule has 1 fully saturated rings. The Hall–Kier alpha value is -2.82. The van der Waals surface area contributed by atoms with E-state index in [2.05, 4.69) is 5.32 Å². The van der Waals surface area contributed by atoms with Crippen molar-refractivity contribution in [3.63, 3.8) is 0 Å². The average molecular weight is 366 g/mol. The summed E-state index contributed by atoms with van der Waals surface area (Å²) >= 11 is 0. The van der Waals surface area contributed by atoms with Crippen LogP contribution in [0.1, 0.15) is 54.2 Å². The molecule has 0 aliphatic carbocycles. The van der Waals surface area contributed by atoms with Gasteiger partial charge in [-0.1, -0.05) is 24.3 Å². The van der Waals surface area contributed by atoms with Gasteiger partial charge in [0.1, 0.15) is 5.75 Å². The van der Waals surface area contributed by atoms with Crippen LogP contribution in [0.4, 0.5) is 0 Å². The second-order valence-corrected chi connectivity index (χ2v) is 6.81. The largest absolute Gasteiger partial charge is 0.494 e. The first-order chi connectivity index (χ1) is 13.1. The summed E-state index contributed by atoms with van der Waals surface area (Å²) in [7, 11) is 0. The maximum Gasteiger partial charge on any atom is 0.251 e. The van der Waals surface area contributed by atoms with Gasteiger partial charge in [0, 0.05) is 25.1 Å². The first-order valence-electron chi connectivity index (χ1n) is 9.47. The quantitative estimate of drug-likeness (QED) is 0.813. The van der Waals surface area contributed by atoms with Crippen molar-refractivity contribution in [2.24, 2.45) is 0 Å². The highest BCUT2D eigenvalue weighted by Crippen LogP contribution is 2.19. The van der Waals surface area contributed by atoms with Crippen LogP contribution in [0.5, 0.6) is 5.75 Å². The third-order valence-corrected chi connectivity index (χ3v) is 4.80. The van der Waals surface area contributed by atoms with E-state index in [0.29, 0.717) is 25.1 Å². The molecule has 0 bridgehead atoms. The summed E-state index contributed by atoms with van der Waals surface area (Å²) in [6, 6.07) is 15.1. The number of ether oxygens (including phenoxy) is 1. The maximum absolute atomic E-state index is 12.5. The van der Waals surface area contributed by atoms with E-state index in [1.807, 2.05) is 67.3 Å². The Morgan fingerprint density at radius 1 is 1.15 bits per heavy atom. The zero-order valence-electron chi connectivity index (χ0n) is 15.9. The molecule has 2 aromatic carbocycles. The predicted molar refractivity (Wildman–Crippen MR) is 105 cm³/mol. The first-order valence-corrected chi connectivity index (χ1v) is 9.47. The summed E-state index contributed by atoms with van der Waals surface area (Å²) in [5, 5.41) is 3.02. The molecule has 0 aromatic heterocycles. The predicted octanol–water partition coefficient (Wildman–Crippen LogP) is 3.70. The number of carbonyl (C=O) groups excluding carboxylic acids is 2. The molecule has 1 heterocycles. The van der Waals surface area contributed by atoms with Crippen LogP contribution >= 0.6 is 0 Å². The van der Waals surface area contributed by atoms with Gasteiger partial charge in [0.05, 0.1) is 12.6 Å². The van der Waals surface area contributed by atoms with Crippen molar-refractivity contribution in [3.8, 4) is 5.75 Å². The average Bonchev–Trinajstić information content (AvgIpc) is 3.07. The van der Waals surface area contributed by atoms with Gasteiger partial charge in [0.25, 0.3) is 5.91 Å². The van der Waals surface area contributed by atoms with Gasteiger partial charge >= 0.3 is 0 Å². The highest BCUT2D eigenvalue weighted by molar-refractivity contribution is 5.94. The molecule has 1 unspecified atom stereocenters. The van der Waals surface area contributed by atoms with Gasteiger partial charge in [-0.2, -0.15) is 0 Å². The highest BCUT2D eigenvalue weighted by atomic mass is 16.5. The lowest BCUT2D eigenvalue weighted by Gasteiger charge is -2.17. The summed E-state index contributed by atoms with van der Waals surface area (Å²) < 4.78 is 5.44. The Morgan fingerprint density at radius 2 is 1.85 bits per heavy atom. The molecule has 2 amide bonds. The molecule has 0 spiro atoms. The van der Waals surface area contributed by atoms with Crippen LogP contribution in [-0.4, -0.2) is 29.9 Å². The van der Waals surface area contributed by atoms with Crippen LogP contribution in [0.15, 0.2) is 48.5 Å². The first kappa shape index (κ1) is 19.0. The van der Waals surface area contributed by atoms with Crippen molar-refractivity contribution >= 4 is 11.8 Å². The fourth-order valence-electron chi connectivity index (χ4n) is 3.24. The number of benzene rings is 2. The molecular formula is C22H26N2O3. The van der Waals surface area contributed by atoms with Crippen LogP contribution in [0.25, 0.3) is 0 Å². The molecule has 0 radical (unpaired) electrons. The van der Waals surface area contributed by atoms with Gasteiger partial charge in [-0.05, 0) is 55.7 Å². The molecule has 1 saturated heterocycles. The standard InChI is InChI=1S/C22H26N2O3/c1-3-27-20-12-10-18(11-13-20)16(2)23-22(26)19-8-6-17(7-9-19)15-24-14-4-5-21(24)25/h6-13,16H,3-5,14-15H2,1-2H3,(H,23,26). The lowest BCUT2D eigenvalue weighted by molar-refractivity contribution is -0.128. The van der Waals surface area contributed by atoms with Gasteiger partial charge in [-0.3, -0.25) is 9.59 Å². The van der Waals surface area contributed by atoms with Crippen LogP contribution in [-0.2, 0) is 11.3 Å². The molecule has 27 heavy (non-hydrogen) atoms. The molecule has 5 nitrogen and oxygen atoms in total. The van der Waals surface area contributed by atoms with Crippen molar-refractivity contribution in [3.05, 3.63) is 65.2 Å². The van der Waals surface area contributed by atoms with E-state index >= 15 is 0 Å². The molecule has 5 heteroatoms. The number of carbonyl (C=O) groups is 2. The molecule has 1 N–H and O–H groups in total. The highest BCUT2D eigenvalue weighted by Gasteiger charge is 2.20. The van der Waals surface area contributed by atoms with E-state index in [1.165, 1.54) is 0 Å². The van der Waals surface area contributed by atoms with E-state index in [1.54, 1.807) is 0 Å². The van der Waals surface area contributed by atoms with Crippen molar-refractivity contribution in [1.29, 1.82) is 0 Å². The van der Waals surface area contributed by atoms with Crippen LogP contribution in [0.3, 0.4) is 0 Å². The maximum atomic E-state index is 12.5. The van der Waals surface area contributed by atoms with Gasteiger partial charge in [-0.15, -0.1) is 0 Å². The fraction of sp³-hybridized carbons (Fsp3) is 0.364. The Morgan fingerprint density at radius 3 is 2.44 bits per heavy atom. The summed E-state index contributed by atoms with van der Waals surface area (Å²) in [6.45, 7) is 5.98. The summed E-state index contributed by atoms with van der Waals surface area (Å²) in [4.78, 5) is 26.1. The second kappa shape index (κ2) is 8.71. The second-order valence-electron chi connectivity index (χ2n) is 6.81. The Kier molecular flexibility index (Phi) is 6.12. The topological polar surface area (TPSA) is 58.6 Å². The minimum absolute atomic E-state index is 0.102. The Labute approximate surface area is 160 Å². The monoisotopic (exact) mass is 366 g/mol. The lowest BCUT2D eigenvalue weighted by Crippen LogP contribution is -2.27. The SMILES string of the molecule is CCOc1ccc(C(C)NC(=O)c2ccc(CN3CCCC3=O)cc2)cc1. The number of hydrogen-bond donors (Lipinski definition) is 1. The lowest BCUT2D eigenvalue weighted by atomic mass is 10.1. The van der Waals surface area contributed by atoms with E-state index in [4.69, 9.17) is 4.74 Å². The van der Waals surface area contributed by atoms with Crippen LogP contribution in [0, 0.1) is 0 Å². The molecule has 142 valence electrons. The zero-order chi connectivity index (χ0) is 19.2. The van der Waals surface area contributed by atoms with Gasteiger partial charge in [0.15, 0.2) is 0 Å². The molecule has 3 rings (SSSR count). The fourth-order valence-corrected chi connectivity index (χ4v) is 3.24. The van der Waals surface area contributed by atoms with Gasteiger partial charge in [-0.25, -0.2) is 0 Å². The van der Waals surface area contributed by atoms with Crippen molar-refractivity contribution in [2.45, 2.75) is 39.3 Å². The van der Waals surface area contributed by atoms with E-state index in [0.717, 1.165) is 29.8 Å². The number of nitrogens with one attached hydrogen (secondary N) is 1. The van der Waals surface area contributed by atoms with Crippen molar-refractivity contribution < 1.29 is 14.3 Å². The van der Waals surface area contributed by atoms with Crippen LogP contribution < -0.4 is 10.1 Å². The minimum Gasteiger partial charge on any atom is -0.494 e. The Bertz CT molecular complexity index is 784. The van der Waals surface area contributed by atoms with Crippen molar-refractivity contribution in [2.75, 3.05) is 13.2 Å². The minimum atomic E-state index is -0.111. The molecule has 1 aliphatic rings. The number of nitrogens with zero attached hydrogens (tertiary/aromatic N) is 1. The van der Waals surface area contributed by atoms with Crippen molar-refractivity contribution in [1.82, 2.24) is 10.2 Å². The van der Waals surface area contributed by atoms with E-state index in [-0.39, 0.29) is 17.9 Å². The molecular weight excluding hydrogens is 340 g/mol. The Balaban J connectivity index is 1.57. The number of hydrogen-bond acceptors (Lipinski definition) is 3. The van der Waals surface area contributed by atoms with Gasteiger partial charge in [0.2, 0.25) is 5.91 Å². The molecule has 1 aliphatic heterocycles. The number of amides is 2. The van der Waals surface area contributed by atoms with Crippen LogP contribution in [0.2, 0.25) is 0 Å².